The van der Waals surface area contributed by atoms with Crippen LogP contribution >= 0.6 is 36.4 Å². The minimum atomic E-state index is 0. The number of nitrogens with zero attached hydrogens (tertiary/aromatic N) is 3. The van der Waals surface area contributed by atoms with Crippen molar-refractivity contribution in [1.29, 1.82) is 0 Å². The summed E-state index contributed by atoms with van der Waals surface area (Å²) in [5.74, 6) is 0. The van der Waals surface area contributed by atoms with E-state index in [-0.39, 0.29) is 24.8 Å². The second-order valence-corrected chi connectivity index (χ2v) is 5.01. The van der Waals surface area contributed by atoms with Gasteiger partial charge in [0.05, 0.1) is 12.2 Å². The van der Waals surface area contributed by atoms with Gasteiger partial charge < -0.3 is 5.32 Å². The van der Waals surface area contributed by atoms with E-state index >= 15 is 0 Å². The smallest absolute Gasteiger partial charge is 0.113 e. The topological polar surface area (TPSA) is 42.7 Å². The fourth-order valence-electron chi connectivity index (χ4n) is 2.28. The van der Waals surface area contributed by atoms with E-state index in [1.807, 2.05) is 35.1 Å². The Morgan fingerprint density at radius 1 is 1.10 bits per heavy atom. The molecule has 20 heavy (non-hydrogen) atoms. The second kappa shape index (κ2) is 7.84. The zero-order valence-electron chi connectivity index (χ0n) is 10.8. The Morgan fingerprint density at radius 2 is 1.75 bits per heavy atom. The molecule has 1 fully saturated rings. The Kier molecular flexibility index (Phi) is 6.76. The van der Waals surface area contributed by atoms with Crippen LogP contribution in [-0.4, -0.2) is 28.1 Å². The molecule has 2 aromatic rings. The number of piperidine rings is 1. The van der Waals surface area contributed by atoms with Gasteiger partial charge in [0.15, 0.2) is 0 Å². The Hall–Kier alpha value is -0.810. The highest BCUT2D eigenvalue weighted by atomic mass is 35.5. The maximum atomic E-state index is 5.88. The molecule has 1 aliphatic rings. The Balaban J connectivity index is 0.000001000. The van der Waals surface area contributed by atoms with Crippen molar-refractivity contribution in [1.82, 2.24) is 20.3 Å². The third-order valence-electron chi connectivity index (χ3n) is 3.33. The van der Waals surface area contributed by atoms with E-state index in [1.54, 1.807) is 0 Å². The predicted octanol–water partition coefficient (Wildman–Crippen LogP) is 3.37. The van der Waals surface area contributed by atoms with Crippen LogP contribution in [0.5, 0.6) is 0 Å². The summed E-state index contributed by atoms with van der Waals surface area (Å²) in [7, 11) is 0. The van der Waals surface area contributed by atoms with Gasteiger partial charge in [0, 0.05) is 10.6 Å². The second-order valence-electron chi connectivity index (χ2n) is 4.57. The number of hydrogen-bond acceptors (Lipinski definition) is 3. The van der Waals surface area contributed by atoms with E-state index in [0.717, 1.165) is 42.2 Å². The highest BCUT2D eigenvalue weighted by Gasteiger charge is 2.16. The van der Waals surface area contributed by atoms with Crippen LogP contribution in [0, 0.1) is 0 Å². The molecule has 4 nitrogen and oxygen atoms in total. The van der Waals surface area contributed by atoms with E-state index in [2.05, 4.69) is 15.6 Å². The van der Waals surface area contributed by atoms with Crippen molar-refractivity contribution in [3.8, 4) is 11.3 Å². The minimum absolute atomic E-state index is 0. The molecule has 2 heterocycles. The number of nitrogens with one attached hydrogen (secondary N) is 1. The van der Waals surface area contributed by atoms with Crippen molar-refractivity contribution in [3.05, 3.63) is 35.5 Å². The molecule has 1 N–H and O–H groups in total. The van der Waals surface area contributed by atoms with Gasteiger partial charge in [-0.2, -0.15) is 0 Å². The van der Waals surface area contributed by atoms with Gasteiger partial charge in [-0.25, -0.2) is 4.68 Å². The fraction of sp³-hybridized carbons (Fsp3) is 0.385. The van der Waals surface area contributed by atoms with Crippen molar-refractivity contribution in [2.75, 3.05) is 13.1 Å². The lowest BCUT2D eigenvalue weighted by Crippen LogP contribution is -2.29. The number of aromatic nitrogens is 3. The van der Waals surface area contributed by atoms with Crippen LogP contribution in [0.1, 0.15) is 18.9 Å². The van der Waals surface area contributed by atoms with E-state index < -0.39 is 0 Å². The first-order valence-corrected chi connectivity index (χ1v) is 6.59. The molecular formula is C13H17Cl3N4. The summed E-state index contributed by atoms with van der Waals surface area (Å²) in [4.78, 5) is 0. The van der Waals surface area contributed by atoms with Crippen LogP contribution in [-0.2, 0) is 0 Å². The maximum Gasteiger partial charge on any atom is 0.113 e. The van der Waals surface area contributed by atoms with Gasteiger partial charge in [0.1, 0.15) is 5.69 Å². The fourth-order valence-corrected chi connectivity index (χ4v) is 2.41. The van der Waals surface area contributed by atoms with Crippen molar-refractivity contribution in [3.63, 3.8) is 0 Å². The largest absolute Gasteiger partial charge is 0.317 e. The maximum absolute atomic E-state index is 5.88. The first kappa shape index (κ1) is 17.2. The zero-order valence-corrected chi connectivity index (χ0v) is 13.2. The van der Waals surface area contributed by atoms with Gasteiger partial charge in [-0.1, -0.05) is 28.9 Å². The molecule has 1 aliphatic heterocycles. The molecule has 0 radical (unpaired) electrons. The van der Waals surface area contributed by atoms with Gasteiger partial charge >= 0.3 is 0 Å². The average Bonchev–Trinajstić information content (AvgIpc) is 2.90. The van der Waals surface area contributed by atoms with E-state index in [0.29, 0.717) is 6.04 Å². The molecule has 0 saturated carbocycles. The number of halogens is 3. The highest BCUT2D eigenvalue weighted by molar-refractivity contribution is 6.30. The summed E-state index contributed by atoms with van der Waals surface area (Å²) in [5.41, 5.74) is 1.96. The third-order valence-corrected chi connectivity index (χ3v) is 3.59. The van der Waals surface area contributed by atoms with Crippen molar-refractivity contribution >= 4 is 36.4 Å². The SMILES string of the molecule is Cl.Cl.Clc1ccc(-c2cn(C3CCNCC3)nn2)cc1. The molecule has 0 bridgehead atoms. The van der Waals surface area contributed by atoms with Crippen LogP contribution in [0.25, 0.3) is 11.3 Å². The van der Waals surface area contributed by atoms with E-state index in [1.165, 1.54) is 0 Å². The van der Waals surface area contributed by atoms with Crippen molar-refractivity contribution < 1.29 is 0 Å². The monoisotopic (exact) mass is 334 g/mol. The summed E-state index contributed by atoms with van der Waals surface area (Å²) in [6.45, 7) is 2.11. The van der Waals surface area contributed by atoms with Crippen LogP contribution in [0.3, 0.4) is 0 Å². The lowest BCUT2D eigenvalue weighted by atomic mass is 10.1. The highest BCUT2D eigenvalue weighted by Crippen LogP contribution is 2.22. The summed E-state index contributed by atoms with van der Waals surface area (Å²) in [6, 6.07) is 8.17. The molecule has 0 spiro atoms. The zero-order chi connectivity index (χ0) is 12.4. The first-order chi connectivity index (χ1) is 8.83. The molecule has 7 heteroatoms. The molecule has 1 saturated heterocycles. The summed E-state index contributed by atoms with van der Waals surface area (Å²) >= 11 is 5.88. The van der Waals surface area contributed by atoms with Gasteiger partial charge in [-0.05, 0) is 38.1 Å². The third kappa shape index (κ3) is 3.85. The molecule has 110 valence electrons. The predicted molar refractivity (Wildman–Crippen MR) is 86.1 cm³/mol. The van der Waals surface area contributed by atoms with Crippen LogP contribution in [0.2, 0.25) is 5.02 Å². The minimum Gasteiger partial charge on any atom is -0.317 e. The molecule has 0 unspecified atom stereocenters. The van der Waals surface area contributed by atoms with Crippen LogP contribution < -0.4 is 5.32 Å². The number of hydrogen-bond donors (Lipinski definition) is 1. The number of rotatable bonds is 2. The van der Waals surface area contributed by atoms with Crippen LogP contribution in [0.4, 0.5) is 0 Å². The van der Waals surface area contributed by atoms with Gasteiger partial charge in [-0.15, -0.1) is 29.9 Å². The molecule has 0 aliphatic carbocycles. The molecule has 1 aromatic heterocycles. The Labute approximate surface area is 135 Å². The average molecular weight is 336 g/mol. The summed E-state index contributed by atoms with van der Waals surface area (Å²) in [5, 5.41) is 12.6. The van der Waals surface area contributed by atoms with Gasteiger partial charge in [-0.3, -0.25) is 0 Å². The molecular weight excluding hydrogens is 319 g/mol. The van der Waals surface area contributed by atoms with Crippen molar-refractivity contribution in [2.24, 2.45) is 0 Å². The van der Waals surface area contributed by atoms with E-state index in [4.69, 9.17) is 11.6 Å². The molecule has 0 amide bonds. The molecule has 1 aromatic carbocycles. The van der Waals surface area contributed by atoms with E-state index in [9.17, 15) is 0 Å². The quantitative estimate of drug-likeness (QED) is 0.915. The van der Waals surface area contributed by atoms with Gasteiger partial charge in [0.2, 0.25) is 0 Å². The lowest BCUT2D eigenvalue weighted by Gasteiger charge is -2.22. The summed E-state index contributed by atoms with van der Waals surface area (Å²) < 4.78 is 1.99. The lowest BCUT2D eigenvalue weighted by molar-refractivity contribution is 0.337. The molecule has 0 atom stereocenters. The summed E-state index contributed by atoms with van der Waals surface area (Å²) in [6.07, 6.45) is 4.26. The Morgan fingerprint density at radius 3 is 2.40 bits per heavy atom. The molecule has 3 rings (SSSR count). The Bertz CT molecular complexity index is 521. The van der Waals surface area contributed by atoms with Crippen LogP contribution in [0.15, 0.2) is 30.5 Å². The standard InChI is InChI=1S/C13H15ClN4.2ClH/c14-11-3-1-10(2-4-11)13-9-18(17-16-13)12-5-7-15-8-6-12;;/h1-4,9,12,15H,5-8H2;2*1H. The normalized spacial score (nSPS) is 15.2. The van der Waals surface area contributed by atoms with Gasteiger partial charge in [0.25, 0.3) is 0 Å². The first-order valence-electron chi connectivity index (χ1n) is 6.21. The van der Waals surface area contributed by atoms with Crippen molar-refractivity contribution in [2.45, 2.75) is 18.9 Å². The number of benzene rings is 1.